The third-order valence-electron chi connectivity index (χ3n) is 3.92. The molecule has 0 spiro atoms. The molecule has 0 unspecified atom stereocenters. The maximum atomic E-state index is 12.0. The predicted molar refractivity (Wildman–Crippen MR) is 105 cm³/mol. The smallest absolute Gasteiger partial charge is 0.341 e. The van der Waals surface area contributed by atoms with Crippen LogP contribution in [0.15, 0.2) is 48.5 Å². The van der Waals surface area contributed by atoms with E-state index in [4.69, 9.17) is 0 Å². The zero-order valence-corrected chi connectivity index (χ0v) is 17.5. The molecule has 0 saturated heterocycles. The first-order valence-electron chi connectivity index (χ1n) is 8.55. The lowest BCUT2D eigenvalue weighted by molar-refractivity contribution is 0.0736. The average molecular weight is 440 g/mol. The highest BCUT2D eigenvalue weighted by Gasteiger charge is 2.24. The van der Waals surface area contributed by atoms with Gasteiger partial charge >= 0.3 is 32.2 Å². The second kappa shape index (κ2) is 9.19. The summed E-state index contributed by atoms with van der Waals surface area (Å²) < 4.78 is 56.8. The third-order valence-corrected chi connectivity index (χ3v) is 6.31. The molecule has 0 heterocycles. The lowest BCUT2D eigenvalue weighted by Gasteiger charge is -2.09. The number of hydrogen-bond donors (Lipinski definition) is 0. The van der Waals surface area contributed by atoms with Gasteiger partial charge in [0, 0.05) is 0 Å². The SMILES string of the molecule is Cc1ccccc1C(=O)OS(=O)(=O)CCCS(=O)(=O)OC(=O)c1ccccc1C. The highest BCUT2D eigenvalue weighted by molar-refractivity contribution is 7.88. The first kappa shape index (κ1) is 22.6. The topological polar surface area (TPSA) is 121 Å². The summed E-state index contributed by atoms with van der Waals surface area (Å²) in [5, 5.41) is 0. The molecule has 29 heavy (non-hydrogen) atoms. The van der Waals surface area contributed by atoms with E-state index in [1.54, 1.807) is 50.2 Å². The molecule has 0 aliphatic heterocycles. The Bertz CT molecular complexity index is 1030. The number of carbonyl (C=O) groups excluding carboxylic acids is 2. The molecule has 0 radical (unpaired) electrons. The van der Waals surface area contributed by atoms with Crippen LogP contribution in [0, 0.1) is 13.8 Å². The van der Waals surface area contributed by atoms with Gasteiger partial charge in [-0.3, -0.25) is 0 Å². The van der Waals surface area contributed by atoms with Crippen LogP contribution in [0.5, 0.6) is 0 Å². The van der Waals surface area contributed by atoms with E-state index in [-0.39, 0.29) is 11.1 Å². The van der Waals surface area contributed by atoms with Crippen LogP contribution >= 0.6 is 0 Å². The second-order valence-electron chi connectivity index (χ2n) is 6.25. The number of aryl methyl sites for hydroxylation is 2. The first-order chi connectivity index (χ1) is 13.5. The highest BCUT2D eigenvalue weighted by Crippen LogP contribution is 2.13. The quantitative estimate of drug-likeness (QED) is 0.574. The first-order valence-corrected chi connectivity index (χ1v) is 11.7. The second-order valence-corrected chi connectivity index (χ2v) is 9.63. The summed E-state index contributed by atoms with van der Waals surface area (Å²) in [6.07, 6.45) is -0.410. The molecule has 2 aromatic rings. The molecule has 0 saturated carbocycles. The van der Waals surface area contributed by atoms with E-state index in [1.807, 2.05) is 0 Å². The number of benzene rings is 2. The molecule has 0 bridgehead atoms. The standard InChI is InChI=1S/C19H20O8S2/c1-14-8-3-5-10-16(14)18(20)26-28(22,23)12-7-13-29(24,25)27-19(21)17-11-6-4-9-15(17)2/h3-6,8-11H,7,12-13H2,1-2H3. The summed E-state index contributed by atoms with van der Waals surface area (Å²) in [5.74, 6) is -3.55. The van der Waals surface area contributed by atoms with E-state index in [0.717, 1.165) is 0 Å². The Kier molecular flexibility index (Phi) is 7.15. The average Bonchev–Trinajstić information content (AvgIpc) is 2.61. The van der Waals surface area contributed by atoms with Crippen molar-refractivity contribution in [2.24, 2.45) is 0 Å². The van der Waals surface area contributed by atoms with Crippen molar-refractivity contribution in [2.75, 3.05) is 11.5 Å². The summed E-state index contributed by atoms with van der Waals surface area (Å²) in [5.41, 5.74) is 1.27. The van der Waals surface area contributed by atoms with Crippen molar-refractivity contribution in [3.05, 3.63) is 70.8 Å². The van der Waals surface area contributed by atoms with Crippen LogP contribution in [0.3, 0.4) is 0 Å². The molecular formula is C19H20O8S2. The van der Waals surface area contributed by atoms with Crippen molar-refractivity contribution in [3.63, 3.8) is 0 Å². The van der Waals surface area contributed by atoms with E-state index >= 15 is 0 Å². The lowest BCUT2D eigenvalue weighted by Crippen LogP contribution is -2.21. The van der Waals surface area contributed by atoms with Gasteiger partial charge in [0.05, 0.1) is 22.6 Å². The van der Waals surface area contributed by atoms with Gasteiger partial charge in [-0.25, -0.2) is 9.59 Å². The third kappa shape index (κ3) is 6.68. The van der Waals surface area contributed by atoms with E-state index in [1.165, 1.54) is 12.1 Å². The Hall–Kier alpha value is -2.72. The van der Waals surface area contributed by atoms with Crippen molar-refractivity contribution in [1.29, 1.82) is 0 Å². The molecule has 0 amide bonds. The van der Waals surface area contributed by atoms with E-state index in [0.29, 0.717) is 11.1 Å². The van der Waals surface area contributed by atoms with Gasteiger partial charge in [-0.05, 0) is 43.5 Å². The molecule has 0 aromatic heterocycles. The van der Waals surface area contributed by atoms with E-state index in [2.05, 4.69) is 8.37 Å². The molecule has 2 rings (SSSR count). The number of carbonyl (C=O) groups is 2. The van der Waals surface area contributed by atoms with Crippen LogP contribution in [0.1, 0.15) is 38.3 Å². The van der Waals surface area contributed by atoms with Crippen LogP contribution in [-0.2, 0) is 28.6 Å². The van der Waals surface area contributed by atoms with Gasteiger partial charge in [-0.1, -0.05) is 36.4 Å². The van der Waals surface area contributed by atoms with Crippen LogP contribution in [-0.4, -0.2) is 40.3 Å². The fourth-order valence-electron chi connectivity index (χ4n) is 2.42. The Morgan fingerprint density at radius 1 is 0.690 bits per heavy atom. The Morgan fingerprint density at radius 3 is 1.38 bits per heavy atom. The van der Waals surface area contributed by atoms with Gasteiger partial charge < -0.3 is 8.37 Å². The Morgan fingerprint density at radius 2 is 1.03 bits per heavy atom. The van der Waals surface area contributed by atoms with Gasteiger partial charge in [0.2, 0.25) is 0 Å². The molecule has 0 aliphatic carbocycles. The Balaban J connectivity index is 1.92. The molecule has 156 valence electrons. The summed E-state index contributed by atoms with van der Waals surface area (Å²) in [7, 11) is -8.62. The van der Waals surface area contributed by atoms with Gasteiger partial charge in [0.15, 0.2) is 0 Å². The minimum absolute atomic E-state index is 0.0934. The Labute approximate surface area is 169 Å². The van der Waals surface area contributed by atoms with E-state index in [9.17, 15) is 26.4 Å². The molecule has 2 aromatic carbocycles. The summed E-state index contributed by atoms with van der Waals surface area (Å²) >= 11 is 0. The highest BCUT2D eigenvalue weighted by atomic mass is 32.2. The van der Waals surface area contributed by atoms with Crippen molar-refractivity contribution < 1.29 is 34.8 Å². The zero-order valence-electron chi connectivity index (χ0n) is 15.8. The summed E-state index contributed by atoms with van der Waals surface area (Å²) in [6, 6.07) is 12.6. The van der Waals surface area contributed by atoms with Crippen molar-refractivity contribution in [3.8, 4) is 0 Å². The van der Waals surface area contributed by atoms with Crippen molar-refractivity contribution in [1.82, 2.24) is 0 Å². The largest absolute Gasteiger partial charge is 0.354 e. The van der Waals surface area contributed by atoms with Crippen LogP contribution in [0.25, 0.3) is 0 Å². The number of hydrogen-bond acceptors (Lipinski definition) is 8. The maximum absolute atomic E-state index is 12.0. The molecule has 8 nitrogen and oxygen atoms in total. The van der Waals surface area contributed by atoms with Crippen molar-refractivity contribution in [2.45, 2.75) is 20.3 Å². The number of rotatable bonds is 8. The van der Waals surface area contributed by atoms with Gasteiger partial charge in [-0.2, -0.15) is 16.8 Å². The molecule has 0 aliphatic rings. The fourth-order valence-corrected chi connectivity index (χ4v) is 4.41. The zero-order chi connectivity index (χ0) is 21.7. The summed E-state index contributed by atoms with van der Waals surface area (Å²) in [4.78, 5) is 24.0. The fraction of sp³-hybridized carbons (Fsp3) is 0.263. The molecule has 10 heteroatoms. The van der Waals surface area contributed by atoms with Crippen LogP contribution in [0.2, 0.25) is 0 Å². The predicted octanol–water partition coefficient (Wildman–Crippen LogP) is 2.37. The lowest BCUT2D eigenvalue weighted by atomic mass is 10.1. The molecular weight excluding hydrogens is 420 g/mol. The monoisotopic (exact) mass is 440 g/mol. The van der Waals surface area contributed by atoms with Crippen LogP contribution in [0.4, 0.5) is 0 Å². The normalized spacial score (nSPS) is 11.7. The minimum Gasteiger partial charge on any atom is -0.341 e. The maximum Gasteiger partial charge on any atom is 0.354 e. The summed E-state index contributed by atoms with van der Waals surface area (Å²) in [6.45, 7) is 3.25. The van der Waals surface area contributed by atoms with E-state index < -0.39 is 50.1 Å². The van der Waals surface area contributed by atoms with Gasteiger partial charge in [0.1, 0.15) is 0 Å². The molecule has 0 atom stereocenters. The van der Waals surface area contributed by atoms with Gasteiger partial charge in [-0.15, -0.1) is 0 Å². The molecule has 0 fully saturated rings. The van der Waals surface area contributed by atoms with Gasteiger partial charge in [0.25, 0.3) is 0 Å². The van der Waals surface area contributed by atoms with Crippen molar-refractivity contribution >= 4 is 32.2 Å². The minimum atomic E-state index is -4.31. The van der Waals surface area contributed by atoms with Crippen LogP contribution < -0.4 is 0 Å². The molecule has 0 N–H and O–H groups in total.